The first kappa shape index (κ1) is 18.4. The van der Waals surface area contributed by atoms with E-state index in [9.17, 15) is 9.90 Å². The number of unbranched alkanes of at least 4 members (excludes halogenated alkanes) is 1. The van der Waals surface area contributed by atoms with Crippen molar-refractivity contribution in [1.82, 2.24) is 15.1 Å². The molecule has 0 aliphatic carbocycles. The second-order valence-electron chi connectivity index (χ2n) is 6.67. The molecule has 5 nitrogen and oxygen atoms in total. The maximum Gasteiger partial charge on any atom is 0.323 e. The van der Waals surface area contributed by atoms with Crippen LogP contribution in [0, 0.1) is 0 Å². The second kappa shape index (κ2) is 8.71. The van der Waals surface area contributed by atoms with E-state index in [0.29, 0.717) is 6.42 Å². The third-order valence-electron chi connectivity index (χ3n) is 4.39. The number of piperazine rings is 1. The number of carboxylic acids is 1. The monoisotopic (exact) mass is 299 g/mol. The van der Waals surface area contributed by atoms with E-state index in [0.717, 1.165) is 52.1 Å². The van der Waals surface area contributed by atoms with Crippen molar-refractivity contribution in [3.05, 3.63) is 0 Å². The molecule has 0 radical (unpaired) electrons. The Bertz CT molecular complexity index is 315. The quantitative estimate of drug-likeness (QED) is 0.634. The summed E-state index contributed by atoms with van der Waals surface area (Å²) in [4.78, 5) is 16.4. The van der Waals surface area contributed by atoms with E-state index < -0.39 is 11.5 Å². The van der Waals surface area contributed by atoms with Crippen molar-refractivity contribution < 1.29 is 9.90 Å². The molecule has 21 heavy (non-hydrogen) atoms. The number of aliphatic carboxylic acids is 1. The minimum absolute atomic E-state index is 0.188. The van der Waals surface area contributed by atoms with Crippen LogP contribution in [0.1, 0.15) is 47.0 Å². The van der Waals surface area contributed by atoms with Crippen LogP contribution < -0.4 is 5.32 Å². The summed E-state index contributed by atoms with van der Waals surface area (Å²) in [5.74, 6) is -0.743. The molecule has 5 heteroatoms. The third kappa shape index (κ3) is 6.32. The molecule has 1 atom stereocenters. The van der Waals surface area contributed by atoms with E-state index in [1.807, 2.05) is 13.8 Å². The lowest BCUT2D eigenvalue weighted by Gasteiger charge is -2.34. The smallest absolute Gasteiger partial charge is 0.323 e. The molecule has 124 valence electrons. The lowest BCUT2D eigenvalue weighted by atomic mass is 9.94. The molecule has 1 unspecified atom stereocenters. The number of nitrogens with one attached hydrogen (secondary N) is 1. The van der Waals surface area contributed by atoms with Gasteiger partial charge in [0.2, 0.25) is 0 Å². The molecule has 0 saturated carbocycles. The van der Waals surface area contributed by atoms with Gasteiger partial charge in [-0.3, -0.25) is 10.1 Å². The van der Waals surface area contributed by atoms with E-state index in [-0.39, 0.29) is 6.04 Å². The zero-order chi connectivity index (χ0) is 15.9. The van der Waals surface area contributed by atoms with Gasteiger partial charge in [0.05, 0.1) is 0 Å². The number of hydrogen-bond donors (Lipinski definition) is 2. The van der Waals surface area contributed by atoms with Gasteiger partial charge < -0.3 is 14.9 Å². The Kier molecular flexibility index (Phi) is 7.63. The summed E-state index contributed by atoms with van der Waals surface area (Å²) >= 11 is 0. The fourth-order valence-electron chi connectivity index (χ4n) is 3.02. The molecule has 0 aromatic heterocycles. The predicted molar refractivity (Wildman–Crippen MR) is 86.7 cm³/mol. The van der Waals surface area contributed by atoms with Crippen molar-refractivity contribution in [1.29, 1.82) is 0 Å². The predicted octanol–water partition coefficient (Wildman–Crippen LogP) is 1.64. The number of carboxylic acid groups (broad SMARTS) is 1. The number of rotatable bonds is 9. The summed E-state index contributed by atoms with van der Waals surface area (Å²) in [6, 6.07) is 0.188. The maximum atomic E-state index is 11.4. The summed E-state index contributed by atoms with van der Waals surface area (Å²) < 4.78 is 0. The van der Waals surface area contributed by atoms with E-state index in [2.05, 4.69) is 22.0 Å². The fraction of sp³-hybridized carbons (Fsp3) is 0.938. The van der Waals surface area contributed by atoms with Crippen molar-refractivity contribution in [3.63, 3.8) is 0 Å². The molecular formula is C16H33N3O2. The standard InChI is InChI=1S/C16H33N3O2/c1-5-18-10-12-19(13-11-18)9-7-6-8-16(4,15(20)21)17-14(2)3/h14,17H,5-13H2,1-4H3,(H,20,21). The summed E-state index contributed by atoms with van der Waals surface area (Å²) in [7, 11) is 0. The largest absolute Gasteiger partial charge is 0.480 e. The Balaban J connectivity index is 2.24. The van der Waals surface area contributed by atoms with Crippen LogP contribution in [0.2, 0.25) is 0 Å². The third-order valence-corrected chi connectivity index (χ3v) is 4.39. The van der Waals surface area contributed by atoms with Gasteiger partial charge in [-0.15, -0.1) is 0 Å². The molecule has 0 spiro atoms. The van der Waals surface area contributed by atoms with Crippen molar-refractivity contribution in [2.24, 2.45) is 0 Å². The second-order valence-corrected chi connectivity index (χ2v) is 6.67. The topological polar surface area (TPSA) is 55.8 Å². The van der Waals surface area contributed by atoms with Crippen LogP contribution in [-0.2, 0) is 4.79 Å². The lowest BCUT2D eigenvalue weighted by Crippen LogP contribution is -2.52. The molecule has 1 aliphatic heterocycles. The zero-order valence-electron chi connectivity index (χ0n) is 14.2. The van der Waals surface area contributed by atoms with Crippen LogP contribution in [0.15, 0.2) is 0 Å². The van der Waals surface area contributed by atoms with Gasteiger partial charge >= 0.3 is 5.97 Å². The Labute approximate surface area is 129 Å². The minimum Gasteiger partial charge on any atom is -0.480 e. The van der Waals surface area contributed by atoms with E-state index in [1.165, 1.54) is 0 Å². The molecule has 0 aromatic carbocycles. The maximum absolute atomic E-state index is 11.4. The fourth-order valence-corrected chi connectivity index (χ4v) is 3.02. The van der Waals surface area contributed by atoms with E-state index in [1.54, 1.807) is 6.92 Å². The number of hydrogen-bond acceptors (Lipinski definition) is 4. The summed E-state index contributed by atoms with van der Waals surface area (Å²) in [5, 5.41) is 12.6. The number of carbonyl (C=O) groups is 1. The average molecular weight is 299 g/mol. The van der Waals surface area contributed by atoms with Gasteiger partial charge in [0.1, 0.15) is 5.54 Å². The highest BCUT2D eigenvalue weighted by Crippen LogP contribution is 2.16. The number of likely N-dealkylation sites (N-methyl/N-ethyl adjacent to an activating group) is 1. The Morgan fingerprint density at radius 1 is 1.19 bits per heavy atom. The van der Waals surface area contributed by atoms with Crippen molar-refractivity contribution >= 4 is 5.97 Å². The first-order chi connectivity index (χ1) is 9.87. The average Bonchev–Trinajstić information content (AvgIpc) is 2.43. The first-order valence-corrected chi connectivity index (χ1v) is 8.33. The van der Waals surface area contributed by atoms with Crippen molar-refractivity contribution in [3.8, 4) is 0 Å². The highest BCUT2D eigenvalue weighted by atomic mass is 16.4. The van der Waals surface area contributed by atoms with Gasteiger partial charge in [-0.25, -0.2) is 0 Å². The van der Waals surface area contributed by atoms with Crippen LogP contribution in [-0.4, -0.2) is 71.7 Å². The molecule has 1 aliphatic rings. The zero-order valence-corrected chi connectivity index (χ0v) is 14.2. The summed E-state index contributed by atoms with van der Waals surface area (Å²) in [5.41, 5.74) is -0.797. The Morgan fingerprint density at radius 3 is 2.24 bits per heavy atom. The SMILES string of the molecule is CCN1CCN(CCCCC(C)(NC(C)C)C(=O)O)CC1. The molecule has 1 heterocycles. The van der Waals surface area contributed by atoms with Crippen LogP contribution in [0.3, 0.4) is 0 Å². The van der Waals surface area contributed by atoms with Gasteiger partial charge in [0.25, 0.3) is 0 Å². The normalized spacial score (nSPS) is 20.6. The number of nitrogens with zero attached hydrogens (tertiary/aromatic N) is 2. The van der Waals surface area contributed by atoms with Gasteiger partial charge in [-0.2, -0.15) is 0 Å². The van der Waals surface area contributed by atoms with E-state index >= 15 is 0 Å². The molecule has 0 bridgehead atoms. The van der Waals surface area contributed by atoms with Crippen molar-refractivity contribution in [2.75, 3.05) is 39.3 Å². The van der Waals surface area contributed by atoms with Crippen molar-refractivity contribution in [2.45, 2.75) is 58.5 Å². The lowest BCUT2D eigenvalue weighted by molar-refractivity contribution is -0.144. The van der Waals surface area contributed by atoms with Crippen LogP contribution >= 0.6 is 0 Å². The van der Waals surface area contributed by atoms with Gasteiger partial charge in [-0.1, -0.05) is 6.92 Å². The first-order valence-electron chi connectivity index (χ1n) is 8.33. The summed E-state index contributed by atoms with van der Waals surface area (Å²) in [6.45, 7) is 14.9. The molecule has 1 fully saturated rings. The highest BCUT2D eigenvalue weighted by molar-refractivity contribution is 5.78. The van der Waals surface area contributed by atoms with Crippen LogP contribution in [0.4, 0.5) is 0 Å². The molecule has 2 N–H and O–H groups in total. The molecule has 1 rings (SSSR count). The Morgan fingerprint density at radius 2 is 1.76 bits per heavy atom. The minimum atomic E-state index is -0.797. The highest BCUT2D eigenvalue weighted by Gasteiger charge is 2.32. The molecular weight excluding hydrogens is 266 g/mol. The van der Waals surface area contributed by atoms with E-state index in [4.69, 9.17) is 0 Å². The Hall–Kier alpha value is -0.650. The van der Waals surface area contributed by atoms with Gasteiger partial charge in [0, 0.05) is 32.2 Å². The van der Waals surface area contributed by atoms with Crippen LogP contribution in [0.25, 0.3) is 0 Å². The van der Waals surface area contributed by atoms with Gasteiger partial charge in [-0.05, 0) is 53.1 Å². The van der Waals surface area contributed by atoms with Gasteiger partial charge in [0.15, 0.2) is 0 Å². The molecule has 0 aromatic rings. The molecule has 1 saturated heterocycles. The van der Waals surface area contributed by atoms with Crippen LogP contribution in [0.5, 0.6) is 0 Å². The molecule has 0 amide bonds. The summed E-state index contributed by atoms with van der Waals surface area (Å²) in [6.07, 6.45) is 2.72.